The van der Waals surface area contributed by atoms with Crippen LogP contribution in [0.5, 0.6) is 0 Å². The van der Waals surface area contributed by atoms with E-state index in [1.54, 1.807) is 19.3 Å². The summed E-state index contributed by atoms with van der Waals surface area (Å²) in [4.78, 5) is 2.87. The van der Waals surface area contributed by atoms with Gasteiger partial charge in [-0.15, -0.1) is 0 Å². The third kappa shape index (κ3) is 2.04. The first-order valence-electron chi connectivity index (χ1n) is 7.85. The Morgan fingerprint density at radius 1 is 0.765 bits per heavy atom. The quantitative estimate of drug-likeness (QED) is 0.787. The Morgan fingerprint density at radius 2 is 1.53 bits per heavy atom. The van der Waals surface area contributed by atoms with E-state index in [4.69, 9.17) is 0 Å². The van der Waals surface area contributed by atoms with Crippen molar-refractivity contribution in [3.8, 4) is 0 Å². The lowest BCUT2D eigenvalue weighted by Crippen LogP contribution is -2.39. The van der Waals surface area contributed by atoms with E-state index < -0.39 is 0 Å². The van der Waals surface area contributed by atoms with Crippen LogP contribution in [-0.2, 0) is 0 Å². The second-order valence-electron chi connectivity index (χ2n) is 7.05. The van der Waals surface area contributed by atoms with Crippen LogP contribution in [0.25, 0.3) is 0 Å². The first kappa shape index (κ1) is 10.8. The van der Waals surface area contributed by atoms with Gasteiger partial charge in [0.25, 0.3) is 0 Å². The van der Waals surface area contributed by atoms with Crippen molar-refractivity contribution in [2.24, 2.45) is 23.7 Å². The van der Waals surface area contributed by atoms with Gasteiger partial charge in [0, 0.05) is 19.1 Å². The van der Waals surface area contributed by atoms with Gasteiger partial charge >= 0.3 is 0 Å². The van der Waals surface area contributed by atoms with E-state index in [0.29, 0.717) is 0 Å². The van der Waals surface area contributed by atoms with Crippen LogP contribution in [0.4, 0.5) is 0 Å². The first-order valence-corrected chi connectivity index (χ1v) is 7.85. The molecule has 2 aliphatic heterocycles. The predicted molar refractivity (Wildman–Crippen MR) is 69.9 cm³/mol. The number of nitrogens with one attached hydrogen (secondary N) is 1. The van der Waals surface area contributed by atoms with Gasteiger partial charge in [-0.05, 0) is 62.4 Å². The Morgan fingerprint density at radius 3 is 2.24 bits per heavy atom. The van der Waals surface area contributed by atoms with Gasteiger partial charge in [-0.25, -0.2) is 0 Å². The summed E-state index contributed by atoms with van der Waals surface area (Å²) < 4.78 is 0. The summed E-state index contributed by atoms with van der Waals surface area (Å²) >= 11 is 0. The summed E-state index contributed by atoms with van der Waals surface area (Å²) in [6.07, 6.45) is 9.19. The normalized spacial score (nSPS) is 47.3. The molecule has 4 atom stereocenters. The number of rotatable bonds is 2. The molecule has 0 bridgehead atoms. The van der Waals surface area contributed by atoms with Gasteiger partial charge in [0.05, 0.1) is 0 Å². The van der Waals surface area contributed by atoms with Gasteiger partial charge < -0.3 is 5.32 Å². The minimum absolute atomic E-state index is 0.958. The molecule has 2 aliphatic carbocycles. The predicted octanol–water partition coefficient (Wildman–Crippen LogP) is 2.11. The molecule has 17 heavy (non-hydrogen) atoms. The van der Waals surface area contributed by atoms with Gasteiger partial charge in [-0.3, -0.25) is 4.90 Å². The third-order valence-corrected chi connectivity index (χ3v) is 5.91. The van der Waals surface area contributed by atoms with Crippen LogP contribution >= 0.6 is 0 Å². The van der Waals surface area contributed by atoms with E-state index in [9.17, 15) is 0 Å². The highest BCUT2D eigenvalue weighted by Crippen LogP contribution is 2.45. The summed E-state index contributed by atoms with van der Waals surface area (Å²) in [5.41, 5.74) is 0. The summed E-state index contributed by atoms with van der Waals surface area (Å²) in [7, 11) is 0. The topological polar surface area (TPSA) is 15.3 Å². The van der Waals surface area contributed by atoms with Crippen molar-refractivity contribution in [3.05, 3.63) is 0 Å². The second-order valence-corrected chi connectivity index (χ2v) is 7.05. The van der Waals surface area contributed by atoms with Crippen molar-refractivity contribution >= 4 is 0 Å². The number of likely N-dealkylation sites (tertiary alicyclic amines) is 1. The first-order chi connectivity index (χ1) is 8.40. The highest BCUT2D eigenvalue weighted by Gasteiger charge is 2.41. The Bertz CT molecular complexity index is 275. The smallest absolute Gasteiger partial charge is 0.00982 e. The fourth-order valence-electron chi connectivity index (χ4n) is 4.72. The molecular formula is C15H26N2. The molecule has 96 valence electrons. The highest BCUT2D eigenvalue weighted by atomic mass is 15.2. The zero-order valence-electron chi connectivity index (χ0n) is 10.9. The third-order valence-electron chi connectivity index (χ3n) is 5.91. The van der Waals surface area contributed by atoms with E-state index in [-0.39, 0.29) is 0 Å². The zero-order valence-corrected chi connectivity index (χ0v) is 10.9. The summed E-state index contributed by atoms with van der Waals surface area (Å²) in [6.45, 7) is 5.39. The highest BCUT2D eigenvalue weighted by molar-refractivity contribution is 4.96. The molecule has 4 rings (SSSR count). The lowest BCUT2D eigenvalue weighted by atomic mass is 9.82. The maximum Gasteiger partial charge on any atom is 0.00982 e. The van der Waals surface area contributed by atoms with E-state index in [0.717, 1.165) is 29.7 Å². The SMILES string of the molecule is C1CC(C2CC2)CC(N2C[C@H]3CNC[C@H]3C2)C1. The molecule has 0 radical (unpaired) electrons. The Hall–Kier alpha value is -0.0800. The molecule has 2 unspecified atom stereocenters. The molecule has 0 aromatic rings. The standard InChI is InChI=1S/C15H26N2/c1-2-12(11-4-5-11)6-15(3-1)17-9-13-7-16-8-14(13)10-17/h11-16H,1-10H2/t12?,13-,14+,15?. The maximum absolute atomic E-state index is 3.56. The minimum atomic E-state index is 0.958. The molecule has 2 heterocycles. The van der Waals surface area contributed by atoms with Gasteiger partial charge in [0.1, 0.15) is 0 Å². The molecule has 0 spiro atoms. The number of hydrogen-bond acceptors (Lipinski definition) is 2. The Labute approximate surface area is 105 Å². The number of hydrogen-bond donors (Lipinski definition) is 1. The summed E-state index contributed by atoms with van der Waals surface area (Å²) in [5.74, 6) is 4.21. The van der Waals surface area contributed by atoms with Crippen molar-refractivity contribution in [3.63, 3.8) is 0 Å². The number of fused-ring (bicyclic) bond motifs is 1. The van der Waals surface area contributed by atoms with E-state index in [1.807, 2.05) is 0 Å². The van der Waals surface area contributed by atoms with Crippen molar-refractivity contribution in [2.45, 2.75) is 44.6 Å². The molecule has 2 nitrogen and oxygen atoms in total. The molecular weight excluding hydrogens is 208 g/mol. The van der Waals surface area contributed by atoms with Gasteiger partial charge in [0.15, 0.2) is 0 Å². The molecule has 2 saturated heterocycles. The van der Waals surface area contributed by atoms with Crippen LogP contribution in [0.3, 0.4) is 0 Å². The largest absolute Gasteiger partial charge is 0.316 e. The van der Waals surface area contributed by atoms with Gasteiger partial charge in [-0.2, -0.15) is 0 Å². The van der Waals surface area contributed by atoms with Crippen LogP contribution in [-0.4, -0.2) is 37.1 Å². The lowest BCUT2D eigenvalue weighted by molar-refractivity contribution is 0.139. The molecule has 0 aromatic carbocycles. The maximum atomic E-state index is 3.56. The molecule has 2 heteroatoms. The van der Waals surface area contributed by atoms with E-state index in [1.165, 1.54) is 45.4 Å². The summed E-state index contributed by atoms with van der Waals surface area (Å²) in [5, 5.41) is 3.56. The van der Waals surface area contributed by atoms with Crippen LogP contribution < -0.4 is 5.32 Å². The summed E-state index contributed by atoms with van der Waals surface area (Å²) in [6, 6.07) is 0.958. The minimum Gasteiger partial charge on any atom is -0.316 e. The van der Waals surface area contributed by atoms with E-state index >= 15 is 0 Å². The fraction of sp³-hybridized carbons (Fsp3) is 1.00. The van der Waals surface area contributed by atoms with Crippen LogP contribution in [0.15, 0.2) is 0 Å². The molecule has 0 aromatic heterocycles. The number of nitrogens with zero attached hydrogens (tertiary/aromatic N) is 1. The molecule has 0 amide bonds. The van der Waals surface area contributed by atoms with Crippen LogP contribution in [0.2, 0.25) is 0 Å². The zero-order chi connectivity index (χ0) is 11.2. The average molecular weight is 234 g/mol. The molecule has 2 saturated carbocycles. The van der Waals surface area contributed by atoms with Gasteiger partial charge in [-0.1, -0.05) is 12.8 Å². The Kier molecular flexibility index (Phi) is 2.69. The van der Waals surface area contributed by atoms with Gasteiger partial charge in [0.2, 0.25) is 0 Å². The van der Waals surface area contributed by atoms with Crippen LogP contribution in [0, 0.1) is 23.7 Å². The molecule has 4 fully saturated rings. The average Bonchev–Trinajstić information content (AvgIpc) is 2.98. The second kappa shape index (κ2) is 4.24. The fourth-order valence-corrected chi connectivity index (χ4v) is 4.72. The van der Waals surface area contributed by atoms with E-state index in [2.05, 4.69) is 10.2 Å². The van der Waals surface area contributed by atoms with Crippen LogP contribution in [0.1, 0.15) is 38.5 Å². The van der Waals surface area contributed by atoms with Crippen molar-refractivity contribution < 1.29 is 0 Å². The molecule has 4 aliphatic rings. The lowest BCUT2D eigenvalue weighted by Gasteiger charge is -2.36. The van der Waals surface area contributed by atoms with Crippen molar-refractivity contribution in [1.82, 2.24) is 10.2 Å². The van der Waals surface area contributed by atoms with Crippen molar-refractivity contribution in [1.29, 1.82) is 0 Å². The monoisotopic (exact) mass is 234 g/mol. The Balaban J connectivity index is 1.38. The van der Waals surface area contributed by atoms with Crippen molar-refractivity contribution in [2.75, 3.05) is 26.2 Å². The molecule has 1 N–H and O–H groups in total.